The standard InChI is InChI=1S/C14H19FN2O4/c1-3-17(14(20)11(16)7-13(18)19)8-9-4-5-12(21-2)10(15)6-9/h4-6,11H,3,7-8,16H2,1-2H3,(H,18,19). The lowest BCUT2D eigenvalue weighted by atomic mass is 10.1. The molecule has 0 spiro atoms. The number of methoxy groups -OCH3 is 1. The molecule has 116 valence electrons. The lowest BCUT2D eigenvalue weighted by Crippen LogP contribution is -2.44. The Hall–Kier alpha value is -2.15. The van der Waals surface area contributed by atoms with Crippen molar-refractivity contribution in [3.8, 4) is 5.75 Å². The summed E-state index contributed by atoms with van der Waals surface area (Å²) in [6.07, 6.45) is -0.438. The quantitative estimate of drug-likeness (QED) is 0.783. The van der Waals surface area contributed by atoms with Crippen LogP contribution in [0.4, 0.5) is 4.39 Å². The van der Waals surface area contributed by atoms with E-state index in [1.807, 2.05) is 0 Å². The Bertz CT molecular complexity index is 522. The van der Waals surface area contributed by atoms with Crippen LogP contribution in [-0.4, -0.2) is 41.6 Å². The predicted molar refractivity (Wildman–Crippen MR) is 74.3 cm³/mol. The number of hydrogen-bond donors (Lipinski definition) is 2. The molecule has 0 bridgehead atoms. The number of likely N-dealkylation sites (N-methyl/N-ethyl adjacent to an activating group) is 1. The van der Waals surface area contributed by atoms with Crippen LogP contribution >= 0.6 is 0 Å². The highest BCUT2D eigenvalue weighted by molar-refractivity contribution is 5.85. The molecular weight excluding hydrogens is 279 g/mol. The molecule has 1 unspecified atom stereocenters. The van der Waals surface area contributed by atoms with Crippen LogP contribution in [0.3, 0.4) is 0 Å². The van der Waals surface area contributed by atoms with E-state index >= 15 is 0 Å². The first-order valence-electron chi connectivity index (χ1n) is 6.47. The number of amides is 1. The molecule has 1 atom stereocenters. The van der Waals surface area contributed by atoms with Gasteiger partial charge in [0.1, 0.15) is 0 Å². The number of carbonyl (C=O) groups is 2. The summed E-state index contributed by atoms with van der Waals surface area (Å²) in [6, 6.07) is 3.28. The smallest absolute Gasteiger partial charge is 0.305 e. The van der Waals surface area contributed by atoms with Crippen molar-refractivity contribution in [2.24, 2.45) is 5.73 Å². The SMILES string of the molecule is CCN(Cc1ccc(OC)c(F)c1)C(=O)C(N)CC(=O)O. The van der Waals surface area contributed by atoms with E-state index in [1.54, 1.807) is 13.0 Å². The Labute approximate surface area is 122 Å². The Kier molecular flexibility index (Phi) is 6.10. The Morgan fingerprint density at radius 2 is 2.14 bits per heavy atom. The molecule has 1 aromatic rings. The van der Waals surface area contributed by atoms with E-state index in [0.717, 1.165) is 0 Å². The minimum Gasteiger partial charge on any atom is -0.494 e. The van der Waals surface area contributed by atoms with Gasteiger partial charge in [0.2, 0.25) is 5.91 Å². The summed E-state index contributed by atoms with van der Waals surface area (Å²) in [7, 11) is 1.37. The number of rotatable bonds is 7. The number of benzene rings is 1. The second-order valence-corrected chi connectivity index (χ2v) is 4.53. The van der Waals surface area contributed by atoms with Crippen LogP contribution in [0.1, 0.15) is 18.9 Å². The molecule has 21 heavy (non-hydrogen) atoms. The fraction of sp³-hybridized carbons (Fsp3) is 0.429. The van der Waals surface area contributed by atoms with E-state index in [-0.39, 0.29) is 12.3 Å². The van der Waals surface area contributed by atoms with Crippen molar-refractivity contribution < 1.29 is 23.8 Å². The van der Waals surface area contributed by atoms with Crippen molar-refractivity contribution in [1.82, 2.24) is 4.90 Å². The maximum atomic E-state index is 13.6. The molecule has 0 heterocycles. The summed E-state index contributed by atoms with van der Waals surface area (Å²) in [4.78, 5) is 24.0. The van der Waals surface area contributed by atoms with Crippen LogP contribution < -0.4 is 10.5 Å². The Balaban J connectivity index is 2.80. The fourth-order valence-electron chi connectivity index (χ4n) is 1.88. The predicted octanol–water partition coefficient (Wildman–Crippen LogP) is 0.985. The Morgan fingerprint density at radius 1 is 1.48 bits per heavy atom. The van der Waals surface area contributed by atoms with Gasteiger partial charge in [-0.3, -0.25) is 9.59 Å². The molecule has 0 aliphatic rings. The molecule has 1 amide bonds. The van der Waals surface area contributed by atoms with Crippen molar-refractivity contribution in [2.45, 2.75) is 25.9 Å². The first-order valence-corrected chi connectivity index (χ1v) is 6.47. The van der Waals surface area contributed by atoms with Crippen molar-refractivity contribution in [3.05, 3.63) is 29.6 Å². The van der Waals surface area contributed by atoms with Gasteiger partial charge in [-0.2, -0.15) is 0 Å². The summed E-state index contributed by atoms with van der Waals surface area (Å²) in [5, 5.41) is 8.66. The van der Waals surface area contributed by atoms with Crippen LogP contribution in [0.25, 0.3) is 0 Å². The minimum atomic E-state index is -1.14. The molecule has 0 fully saturated rings. The largest absolute Gasteiger partial charge is 0.494 e. The van der Waals surface area contributed by atoms with E-state index in [0.29, 0.717) is 12.1 Å². The molecule has 3 N–H and O–H groups in total. The number of carboxylic acid groups (broad SMARTS) is 1. The van der Waals surface area contributed by atoms with Gasteiger partial charge in [-0.15, -0.1) is 0 Å². The number of carboxylic acids is 1. The number of carbonyl (C=O) groups excluding carboxylic acids is 1. The monoisotopic (exact) mass is 298 g/mol. The molecule has 0 aromatic heterocycles. The third kappa shape index (κ3) is 4.71. The van der Waals surface area contributed by atoms with Gasteiger partial charge in [0.25, 0.3) is 0 Å². The van der Waals surface area contributed by atoms with Gasteiger partial charge in [-0.1, -0.05) is 6.07 Å². The molecule has 0 saturated carbocycles. The summed E-state index contributed by atoms with van der Waals surface area (Å²) in [6.45, 7) is 2.24. The van der Waals surface area contributed by atoms with Gasteiger partial charge < -0.3 is 20.5 Å². The van der Waals surface area contributed by atoms with Crippen molar-refractivity contribution >= 4 is 11.9 Å². The second kappa shape index (κ2) is 7.58. The molecular formula is C14H19FN2O4. The van der Waals surface area contributed by atoms with E-state index in [1.165, 1.54) is 24.1 Å². The number of ether oxygens (including phenoxy) is 1. The maximum Gasteiger partial charge on any atom is 0.305 e. The van der Waals surface area contributed by atoms with Gasteiger partial charge in [0, 0.05) is 13.1 Å². The molecule has 0 aliphatic carbocycles. The summed E-state index contributed by atoms with van der Waals surface area (Å²) >= 11 is 0. The van der Waals surface area contributed by atoms with E-state index in [9.17, 15) is 14.0 Å². The van der Waals surface area contributed by atoms with Crippen LogP contribution in [-0.2, 0) is 16.1 Å². The maximum absolute atomic E-state index is 13.6. The highest BCUT2D eigenvalue weighted by Gasteiger charge is 2.22. The molecule has 0 aliphatic heterocycles. The van der Waals surface area contributed by atoms with E-state index < -0.39 is 30.2 Å². The molecule has 7 heteroatoms. The average Bonchev–Trinajstić information content (AvgIpc) is 2.43. The van der Waals surface area contributed by atoms with Crippen LogP contribution in [0.2, 0.25) is 0 Å². The van der Waals surface area contributed by atoms with Crippen LogP contribution in [0.15, 0.2) is 18.2 Å². The fourth-order valence-corrected chi connectivity index (χ4v) is 1.88. The highest BCUT2D eigenvalue weighted by Crippen LogP contribution is 2.19. The first kappa shape index (κ1) is 16.9. The summed E-state index contributed by atoms with van der Waals surface area (Å²) in [5.74, 6) is -2.01. The van der Waals surface area contributed by atoms with Crippen LogP contribution in [0.5, 0.6) is 5.75 Å². The molecule has 0 saturated heterocycles. The molecule has 0 radical (unpaired) electrons. The molecule has 6 nitrogen and oxygen atoms in total. The highest BCUT2D eigenvalue weighted by atomic mass is 19.1. The van der Waals surface area contributed by atoms with Gasteiger partial charge >= 0.3 is 5.97 Å². The number of hydrogen-bond acceptors (Lipinski definition) is 4. The summed E-state index contributed by atoms with van der Waals surface area (Å²) < 4.78 is 18.4. The zero-order valence-electron chi connectivity index (χ0n) is 12.0. The van der Waals surface area contributed by atoms with Crippen molar-refractivity contribution in [2.75, 3.05) is 13.7 Å². The van der Waals surface area contributed by atoms with E-state index in [2.05, 4.69) is 0 Å². The summed E-state index contributed by atoms with van der Waals surface area (Å²) in [5.41, 5.74) is 6.13. The normalized spacial score (nSPS) is 11.8. The Morgan fingerprint density at radius 3 is 2.62 bits per heavy atom. The molecule has 1 aromatic carbocycles. The lowest BCUT2D eigenvalue weighted by Gasteiger charge is -2.24. The van der Waals surface area contributed by atoms with E-state index in [4.69, 9.17) is 15.6 Å². The topological polar surface area (TPSA) is 92.9 Å². The number of nitrogens with two attached hydrogens (primary N) is 1. The second-order valence-electron chi connectivity index (χ2n) is 4.53. The lowest BCUT2D eigenvalue weighted by molar-refractivity contribution is -0.142. The van der Waals surface area contributed by atoms with Crippen LogP contribution in [0, 0.1) is 5.82 Å². The first-order chi connectivity index (χ1) is 9.88. The zero-order valence-corrected chi connectivity index (χ0v) is 12.0. The van der Waals surface area contributed by atoms with Gasteiger partial charge in [0.15, 0.2) is 11.6 Å². The number of nitrogens with zero attached hydrogens (tertiary/aromatic N) is 1. The van der Waals surface area contributed by atoms with Gasteiger partial charge in [0.05, 0.1) is 19.6 Å². The van der Waals surface area contributed by atoms with Gasteiger partial charge in [-0.05, 0) is 24.6 Å². The third-order valence-electron chi connectivity index (χ3n) is 2.99. The third-order valence-corrected chi connectivity index (χ3v) is 2.99. The number of halogens is 1. The van der Waals surface area contributed by atoms with Crippen molar-refractivity contribution in [3.63, 3.8) is 0 Å². The van der Waals surface area contributed by atoms with Crippen molar-refractivity contribution in [1.29, 1.82) is 0 Å². The van der Waals surface area contributed by atoms with Gasteiger partial charge in [-0.25, -0.2) is 4.39 Å². The average molecular weight is 298 g/mol. The number of aliphatic carboxylic acids is 1. The molecule has 1 rings (SSSR count). The minimum absolute atomic E-state index is 0.121. The zero-order chi connectivity index (χ0) is 16.0.